The van der Waals surface area contributed by atoms with Crippen LogP contribution in [0.25, 0.3) is 11.1 Å². The Morgan fingerprint density at radius 1 is 1.19 bits per heavy atom. The summed E-state index contributed by atoms with van der Waals surface area (Å²) >= 11 is 3.39. The molecule has 110 valence electrons. The average molecular weight is 352 g/mol. The van der Waals surface area contributed by atoms with Gasteiger partial charge in [0.25, 0.3) is 0 Å². The molecule has 5 nitrogen and oxygen atoms in total. The molecule has 21 heavy (non-hydrogen) atoms. The number of nitrogens with one attached hydrogen (secondary N) is 1. The third kappa shape index (κ3) is 4.39. The quantitative estimate of drug-likeness (QED) is 0.720. The fraction of sp³-hybridized carbons (Fsp3) is 0.133. The SMILES string of the molecule is O=C(O)NCCOc1cc(-c2cccc(O)c2)ccc1Br. The minimum absolute atomic E-state index is 0.198. The number of amides is 1. The van der Waals surface area contributed by atoms with Gasteiger partial charge in [-0.25, -0.2) is 4.79 Å². The summed E-state index contributed by atoms with van der Waals surface area (Å²) in [4.78, 5) is 10.3. The second-order valence-electron chi connectivity index (χ2n) is 4.28. The molecule has 0 aromatic heterocycles. The molecule has 0 aliphatic heterocycles. The van der Waals surface area contributed by atoms with Crippen LogP contribution in [-0.2, 0) is 0 Å². The van der Waals surface area contributed by atoms with Gasteiger partial charge in [0.05, 0.1) is 11.0 Å². The van der Waals surface area contributed by atoms with Crippen LogP contribution in [0.1, 0.15) is 0 Å². The molecular formula is C15H14BrNO4. The van der Waals surface area contributed by atoms with Crippen molar-refractivity contribution in [2.75, 3.05) is 13.2 Å². The first-order chi connectivity index (χ1) is 10.1. The maximum absolute atomic E-state index is 10.3. The van der Waals surface area contributed by atoms with Gasteiger partial charge in [0.1, 0.15) is 18.1 Å². The van der Waals surface area contributed by atoms with E-state index in [4.69, 9.17) is 9.84 Å². The van der Waals surface area contributed by atoms with E-state index in [2.05, 4.69) is 21.2 Å². The van der Waals surface area contributed by atoms with Crippen LogP contribution >= 0.6 is 15.9 Å². The maximum atomic E-state index is 10.3. The van der Waals surface area contributed by atoms with Gasteiger partial charge in [0.15, 0.2) is 0 Å². The molecule has 1 amide bonds. The molecule has 0 radical (unpaired) electrons. The third-order valence-electron chi connectivity index (χ3n) is 2.75. The summed E-state index contributed by atoms with van der Waals surface area (Å²) in [7, 11) is 0. The molecule has 2 aromatic carbocycles. The fourth-order valence-electron chi connectivity index (χ4n) is 1.80. The molecule has 2 rings (SSSR count). The Hall–Kier alpha value is -2.21. The van der Waals surface area contributed by atoms with Crippen molar-refractivity contribution in [3.05, 3.63) is 46.9 Å². The van der Waals surface area contributed by atoms with Crippen molar-refractivity contribution < 1.29 is 19.7 Å². The number of phenols is 1. The van der Waals surface area contributed by atoms with Crippen LogP contribution in [0.4, 0.5) is 4.79 Å². The molecule has 6 heteroatoms. The Morgan fingerprint density at radius 2 is 1.95 bits per heavy atom. The van der Waals surface area contributed by atoms with Gasteiger partial charge in [0, 0.05) is 0 Å². The number of carboxylic acid groups (broad SMARTS) is 1. The van der Waals surface area contributed by atoms with Gasteiger partial charge >= 0.3 is 6.09 Å². The summed E-state index contributed by atoms with van der Waals surface area (Å²) in [5.74, 6) is 0.812. The number of ether oxygens (including phenoxy) is 1. The van der Waals surface area contributed by atoms with Gasteiger partial charge in [-0.2, -0.15) is 0 Å². The third-order valence-corrected chi connectivity index (χ3v) is 3.40. The van der Waals surface area contributed by atoms with Crippen molar-refractivity contribution in [3.63, 3.8) is 0 Å². The molecular weight excluding hydrogens is 338 g/mol. The highest BCUT2D eigenvalue weighted by Crippen LogP contribution is 2.31. The monoisotopic (exact) mass is 351 g/mol. The first kappa shape index (κ1) is 15.2. The lowest BCUT2D eigenvalue weighted by atomic mass is 10.1. The normalized spacial score (nSPS) is 10.1. The highest BCUT2D eigenvalue weighted by Gasteiger charge is 2.06. The molecule has 0 atom stereocenters. The smallest absolute Gasteiger partial charge is 0.404 e. The van der Waals surface area contributed by atoms with Gasteiger partial charge in [0.2, 0.25) is 0 Å². The van der Waals surface area contributed by atoms with E-state index < -0.39 is 6.09 Å². The molecule has 0 bridgehead atoms. The first-order valence-corrected chi connectivity index (χ1v) is 7.04. The minimum Gasteiger partial charge on any atom is -0.508 e. The zero-order valence-electron chi connectivity index (χ0n) is 11.0. The van der Waals surface area contributed by atoms with Crippen molar-refractivity contribution >= 4 is 22.0 Å². The summed E-state index contributed by atoms with van der Waals surface area (Å²) in [6, 6.07) is 12.5. The molecule has 0 unspecified atom stereocenters. The Labute approximate surface area is 130 Å². The molecule has 0 aliphatic rings. The Bertz CT molecular complexity index is 645. The molecule has 0 saturated heterocycles. The minimum atomic E-state index is -1.08. The van der Waals surface area contributed by atoms with E-state index in [0.29, 0.717) is 5.75 Å². The number of benzene rings is 2. The summed E-state index contributed by atoms with van der Waals surface area (Å²) < 4.78 is 6.32. The lowest BCUT2D eigenvalue weighted by molar-refractivity contribution is 0.191. The van der Waals surface area contributed by atoms with Gasteiger partial charge in [-0.05, 0) is 51.3 Å². The van der Waals surface area contributed by atoms with E-state index in [9.17, 15) is 9.90 Å². The van der Waals surface area contributed by atoms with Gasteiger partial charge < -0.3 is 20.3 Å². The van der Waals surface area contributed by atoms with Crippen molar-refractivity contribution in [1.29, 1.82) is 0 Å². The van der Waals surface area contributed by atoms with Gasteiger partial charge in [-0.1, -0.05) is 18.2 Å². The van der Waals surface area contributed by atoms with E-state index in [0.717, 1.165) is 15.6 Å². The molecule has 0 fully saturated rings. The molecule has 0 spiro atoms. The number of aromatic hydroxyl groups is 1. The number of halogens is 1. The predicted molar refractivity (Wildman–Crippen MR) is 82.8 cm³/mol. The topological polar surface area (TPSA) is 78.8 Å². The van der Waals surface area contributed by atoms with Crippen LogP contribution in [0.3, 0.4) is 0 Å². The van der Waals surface area contributed by atoms with Crippen LogP contribution in [-0.4, -0.2) is 29.5 Å². The highest BCUT2D eigenvalue weighted by atomic mass is 79.9. The molecule has 2 aromatic rings. The van der Waals surface area contributed by atoms with Crippen LogP contribution in [0.5, 0.6) is 11.5 Å². The zero-order valence-corrected chi connectivity index (χ0v) is 12.6. The van der Waals surface area contributed by atoms with Gasteiger partial charge in [-0.15, -0.1) is 0 Å². The average Bonchev–Trinajstić information content (AvgIpc) is 2.45. The summed E-state index contributed by atoms with van der Waals surface area (Å²) in [5, 5.41) is 20.2. The molecule has 3 N–H and O–H groups in total. The largest absolute Gasteiger partial charge is 0.508 e. The second-order valence-corrected chi connectivity index (χ2v) is 5.13. The number of carbonyl (C=O) groups is 1. The van der Waals surface area contributed by atoms with Crippen molar-refractivity contribution in [1.82, 2.24) is 5.32 Å². The van der Waals surface area contributed by atoms with E-state index in [1.165, 1.54) is 0 Å². The van der Waals surface area contributed by atoms with Crippen molar-refractivity contribution in [2.45, 2.75) is 0 Å². The fourth-order valence-corrected chi connectivity index (χ4v) is 2.16. The van der Waals surface area contributed by atoms with Crippen LogP contribution in [0, 0.1) is 0 Å². The molecule has 0 aliphatic carbocycles. The Balaban J connectivity index is 2.12. The summed E-state index contributed by atoms with van der Waals surface area (Å²) in [6.45, 7) is 0.437. The molecule has 0 saturated carbocycles. The highest BCUT2D eigenvalue weighted by molar-refractivity contribution is 9.10. The number of rotatable bonds is 5. The number of phenolic OH excluding ortho intramolecular Hbond substituents is 1. The second kappa shape index (κ2) is 6.99. The Morgan fingerprint density at radius 3 is 2.67 bits per heavy atom. The van der Waals surface area contributed by atoms with Crippen molar-refractivity contribution in [3.8, 4) is 22.6 Å². The van der Waals surface area contributed by atoms with E-state index in [1.807, 2.05) is 24.3 Å². The first-order valence-electron chi connectivity index (χ1n) is 6.25. The lowest BCUT2D eigenvalue weighted by Gasteiger charge is -2.10. The zero-order chi connectivity index (χ0) is 15.2. The number of hydrogen-bond donors (Lipinski definition) is 3. The van der Waals surface area contributed by atoms with Crippen molar-refractivity contribution in [2.24, 2.45) is 0 Å². The molecule has 0 heterocycles. The summed E-state index contributed by atoms with van der Waals surface area (Å²) in [5.41, 5.74) is 1.77. The van der Waals surface area contributed by atoms with E-state index in [-0.39, 0.29) is 18.9 Å². The van der Waals surface area contributed by atoms with Gasteiger partial charge in [-0.3, -0.25) is 0 Å². The lowest BCUT2D eigenvalue weighted by Crippen LogP contribution is -2.26. The summed E-state index contributed by atoms with van der Waals surface area (Å²) in [6.07, 6.45) is -1.08. The van der Waals surface area contributed by atoms with Crippen LogP contribution < -0.4 is 10.1 Å². The maximum Gasteiger partial charge on any atom is 0.404 e. The predicted octanol–water partition coefficient (Wildman–Crippen LogP) is 3.47. The Kier molecular flexibility index (Phi) is 5.05. The number of hydrogen-bond acceptors (Lipinski definition) is 3. The van der Waals surface area contributed by atoms with E-state index in [1.54, 1.807) is 18.2 Å². The van der Waals surface area contributed by atoms with E-state index >= 15 is 0 Å². The van der Waals surface area contributed by atoms with Crippen LogP contribution in [0.2, 0.25) is 0 Å². The van der Waals surface area contributed by atoms with Crippen LogP contribution in [0.15, 0.2) is 46.9 Å². The standard InChI is InChI=1S/C15H14BrNO4/c16-13-5-4-11(10-2-1-3-12(18)8-10)9-14(13)21-7-6-17-15(19)20/h1-5,8-9,17-18H,6-7H2,(H,19,20).